The van der Waals surface area contributed by atoms with Crippen LogP contribution in [0.5, 0.6) is 5.75 Å². The lowest BCUT2D eigenvalue weighted by atomic mass is 10.1. The lowest BCUT2D eigenvalue weighted by Gasteiger charge is -2.12. The van der Waals surface area contributed by atoms with Crippen LogP contribution in [-0.2, 0) is 11.2 Å². The summed E-state index contributed by atoms with van der Waals surface area (Å²) in [5.74, 6) is 0.921. The zero-order valence-electron chi connectivity index (χ0n) is 15.9. The Bertz CT molecular complexity index is 956. The van der Waals surface area contributed by atoms with Crippen molar-refractivity contribution in [3.63, 3.8) is 0 Å². The van der Waals surface area contributed by atoms with Crippen molar-refractivity contribution >= 4 is 34.3 Å². The zero-order valence-corrected chi connectivity index (χ0v) is 16.7. The van der Waals surface area contributed by atoms with Crippen molar-refractivity contribution in [3.8, 4) is 5.75 Å². The van der Waals surface area contributed by atoms with Gasteiger partial charge in [0.15, 0.2) is 0 Å². The maximum Gasteiger partial charge on any atom is 0.234 e. The second-order valence-corrected chi connectivity index (χ2v) is 7.23. The maximum absolute atomic E-state index is 12.4. The number of carbonyl (C=O) groups excluding carboxylic acids is 1. The number of carbonyl (C=O) groups is 1. The summed E-state index contributed by atoms with van der Waals surface area (Å²) in [5, 5.41) is 5.00. The topological polar surface area (TPSA) is 51.2 Å². The van der Waals surface area contributed by atoms with Crippen LogP contribution in [0, 0.1) is 6.92 Å². The number of hydrogen-bond acceptors (Lipinski definition) is 4. The molecule has 0 spiro atoms. The Morgan fingerprint density at radius 1 is 1.15 bits per heavy atom. The molecule has 1 heterocycles. The van der Waals surface area contributed by atoms with E-state index in [0.29, 0.717) is 23.8 Å². The fraction of sp³-hybridized carbons (Fsp3) is 0.273. The monoisotopic (exact) mass is 380 g/mol. The van der Waals surface area contributed by atoms with Crippen LogP contribution in [-0.4, -0.2) is 23.3 Å². The molecule has 1 amide bonds. The number of nitrogens with one attached hydrogen (secondary N) is 1. The number of anilines is 1. The minimum atomic E-state index is -0.0694. The van der Waals surface area contributed by atoms with Gasteiger partial charge in [0.05, 0.1) is 23.6 Å². The van der Waals surface area contributed by atoms with Crippen molar-refractivity contribution in [2.45, 2.75) is 32.2 Å². The van der Waals surface area contributed by atoms with Gasteiger partial charge < -0.3 is 10.1 Å². The van der Waals surface area contributed by atoms with Gasteiger partial charge in [-0.3, -0.25) is 4.79 Å². The third-order valence-electron chi connectivity index (χ3n) is 4.19. The van der Waals surface area contributed by atoms with Gasteiger partial charge in [-0.25, -0.2) is 4.98 Å². The summed E-state index contributed by atoms with van der Waals surface area (Å²) in [4.78, 5) is 17.2. The third kappa shape index (κ3) is 4.80. The fourth-order valence-corrected chi connectivity index (χ4v) is 3.76. The van der Waals surface area contributed by atoms with Gasteiger partial charge in [-0.1, -0.05) is 42.4 Å². The summed E-state index contributed by atoms with van der Waals surface area (Å²) in [5.41, 5.74) is 4.05. The maximum atomic E-state index is 12.4. The van der Waals surface area contributed by atoms with Crippen molar-refractivity contribution in [2.24, 2.45) is 0 Å². The van der Waals surface area contributed by atoms with Gasteiger partial charge in [0.25, 0.3) is 0 Å². The first kappa shape index (κ1) is 19.2. The number of benzene rings is 2. The molecule has 0 unspecified atom stereocenters. The summed E-state index contributed by atoms with van der Waals surface area (Å²) in [6, 6.07) is 15.9. The van der Waals surface area contributed by atoms with Crippen LogP contribution in [0.15, 0.2) is 53.6 Å². The fourth-order valence-electron chi connectivity index (χ4n) is 2.87. The molecule has 0 fully saturated rings. The molecule has 0 saturated heterocycles. The largest absolute Gasteiger partial charge is 0.492 e. The van der Waals surface area contributed by atoms with Gasteiger partial charge in [-0.2, -0.15) is 0 Å². The van der Waals surface area contributed by atoms with Crippen LogP contribution in [0.4, 0.5) is 5.69 Å². The molecule has 4 nitrogen and oxygen atoms in total. The third-order valence-corrected chi connectivity index (χ3v) is 5.22. The van der Waals surface area contributed by atoms with Gasteiger partial charge in [-0.05, 0) is 56.2 Å². The number of para-hydroxylation sites is 2. The molecule has 0 atom stereocenters. The van der Waals surface area contributed by atoms with E-state index in [0.717, 1.165) is 22.3 Å². The van der Waals surface area contributed by atoms with E-state index in [-0.39, 0.29) is 5.91 Å². The van der Waals surface area contributed by atoms with Crippen molar-refractivity contribution in [1.29, 1.82) is 0 Å². The second kappa shape index (κ2) is 8.91. The van der Waals surface area contributed by atoms with E-state index in [4.69, 9.17) is 9.72 Å². The summed E-state index contributed by atoms with van der Waals surface area (Å²) in [7, 11) is 0. The van der Waals surface area contributed by atoms with Crippen LogP contribution >= 0.6 is 11.8 Å². The average molecular weight is 381 g/mol. The standard InChI is InChI=1S/C22H24N2O2S/c1-4-16-13-17-12-15(3)10-11-18(17)24-22(16)27-14-21(25)23-19-8-6-7-9-20(19)26-5-2/h6-13H,4-5,14H2,1-3H3,(H,23,25). The summed E-state index contributed by atoms with van der Waals surface area (Å²) in [6.07, 6.45) is 0.883. The first-order chi connectivity index (χ1) is 13.1. The Balaban J connectivity index is 1.72. The molecule has 1 N–H and O–H groups in total. The summed E-state index contributed by atoms with van der Waals surface area (Å²) >= 11 is 1.47. The van der Waals surface area contributed by atoms with Crippen LogP contribution in [0.3, 0.4) is 0 Å². The van der Waals surface area contributed by atoms with Crippen molar-refractivity contribution in [2.75, 3.05) is 17.7 Å². The number of nitrogens with zero attached hydrogens (tertiary/aromatic N) is 1. The molecule has 0 aliphatic heterocycles. The van der Waals surface area contributed by atoms with E-state index in [1.54, 1.807) is 0 Å². The van der Waals surface area contributed by atoms with Gasteiger partial charge in [-0.15, -0.1) is 0 Å². The van der Waals surface area contributed by atoms with Gasteiger partial charge in [0, 0.05) is 5.39 Å². The number of thioether (sulfide) groups is 1. The number of pyridine rings is 1. The van der Waals surface area contributed by atoms with E-state index >= 15 is 0 Å². The molecule has 3 rings (SSSR count). The van der Waals surface area contributed by atoms with Crippen molar-refractivity contribution in [1.82, 2.24) is 4.98 Å². The molecular weight excluding hydrogens is 356 g/mol. The lowest BCUT2D eigenvalue weighted by molar-refractivity contribution is -0.113. The highest BCUT2D eigenvalue weighted by atomic mass is 32.2. The van der Waals surface area contributed by atoms with E-state index < -0.39 is 0 Å². The van der Waals surface area contributed by atoms with Gasteiger partial charge in [0.1, 0.15) is 10.8 Å². The Kier molecular flexibility index (Phi) is 6.35. The predicted octanol–water partition coefficient (Wildman–Crippen LogP) is 5.24. The predicted molar refractivity (Wildman–Crippen MR) is 113 cm³/mol. The Labute approximate surface area is 164 Å². The molecule has 3 aromatic rings. The highest BCUT2D eigenvalue weighted by Crippen LogP contribution is 2.27. The van der Waals surface area contributed by atoms with E-state index in [1.807, 2.05) is 37.3 Å². The van der Waals surface area contributed by atoms with Crippen LogP contribution in [0.1, 0.15) is 25.0 Å². The quantitative estimate of drug-likeness (QED) is 0.570. The molecule has 0 saturated carbocycles. The average Bonchev–Trinajstić information content (AvgIpc) is 2.67. The molecule has 0 aliphatic carbocycles. The van der Waals surface area contributed by atoms with Crippen LogP contribution in [0.25, 0.3) is 10.9 Å². The first-order valence-corrected chi connectivity index (χ1v) is 10.1. The molecule has 1 aromatic heterocycles. The molecule has 0 bridgehead atoms. The van der Waals surface area contributed by atoms with Crippen molar-refractivity contribution in [3.05, 3.63) is 59.7 Å². The number of fused-ring (bicyclic) bond motifs is 1. The summed E-state index contributed by atoms with van der Waals surface area (Å²) in [6.45, 7) is 6.68. The molecule has 2 aromatic carbocycles. The number of aryl methyl sites for hydroxylation is 2. The van der Waals surface area contributed by atoms with Crippen LogP contribution < -0.4 is 10.1 Å². The highest BCUT2D eigenvalue weighted by Gasteiger charge is 2.11. The highest BCUT2D eigenvalue weighted by molar-refractivity contribution is 8.00. The molecule has 27 heavy (non-hydrogen) atoms. The van der Waals surface area contributed by atoms with Gasteiger partial charge in [0.2, 0.25) is 5.91 Å². The molecular formula is C22H24N2O2S. The Morgan fingerprint density at radius 3 is 2.74 bits per heavy atom. The first-order valence-electron chi connectivity index (χ1n) is 9.15. The second-order valence-electron chi connectivity index (χ2n) is 6.27. The molecule has 0 aliphatic rings. The molecule has 140 valence electrons. The lowest BCUT2D eigenvalue weighted by Crippen LogP contribution is -2.15. The molecule has 0 radical (unpaired) electrons. The number of aromatic nitrogens is 1. The number of hydrogen-bond donors (Lipinski definition) is 1. The number of amides is 1. The van der Waals surface area contributed by atoms with E-state index in [2.05, 4.69) is 37.4 Å². The summed E-state index contributed by atoms with van der Waals surface area (Å²) < 4.78 is 5.56. The van der Waals surface area contributed by atoms with E-state index in [9.17, 15) is 4.79 Å². The van der Waals surface area contributed by atoms with Gasteiger partial charge >= 0.3 is 0 Å². The Morgan fingerprint density at radius 2 is 1.96 bits per heavy atom. The number of ether oxygens (including phenoxy) is 1. The smallest absolute Gasteiger partial charge is 0.234 e. The zero-order chi connectivity index (χ0) is 19.2. The van der Waals surface area contributed by atoms with Crippen molar-refractivity contribution < 1.29 is 9.53 Å². The SMILES string of the molecule is CCOc1ccccc1NC(=O)CSc1nc2ccc(C)cc2cc1CC. The minimum absolute atomic E-state index is 0.0694. The molecule has 5 heteroatoms. The number of rotatable bonds is 7. The Hall–Kier alpha value is -2.53. The van der Waals surface area contributed by atoms with E-state index in [1.165, 1.54) is 22.9 Å². The minimum Gasteiger partial charge on any atom is -0.492 e. The normalized spacial score (nSPS) is 10.8. The van der Waals surface area contributed by atoms with Crippen LogP contribution in [0.2, 0.25) is 0 Å².